The Balaban J connectivity index is 0.000000901. The van der Waals surface area contributed by atoms with Crippen LogP contribution in [0.2, 0.25) is 0 Å². The minimum atomic E-state index is -0.500. The number of unbranched alkanes of at least 4 members (excludes halogenated alkanes) is 6. The van der Waals surface area contributed by atoms with Gasteiger partial charge in [0.05, 0.1) is 12.5 Å². The van der Waals surface area contributed by atoms with E-state index in [2.05, 4.69) is 27.7 Å². The molecule has 0 heterocycles. The van der Waals surface area contributed by atoms with Crippen molar-refractivity contribution in [3.63, 3.8) is 0 Å². The van der Waals surface area contributed by atoms with Gasteiger partial charge < -0.3 is 14.2 Å². The van der Waals surface area contributed by atoms with Crippen molar-refractivity contribution in [1.29, 1.82) is 0 Å². The number of benzene rings is 1. The van der Waals surface area contributed by atoms with Crippen LogP contribution < -0.4 is 0 Å². The zero-order valence-corrected chi connectivity index (χ0v) is 28.2. The van der Waals surface area contributed by atoms with E-state index in [1.807, 2.05) is 51.1 Å². The Morgan fingerprint density at radius 1 is 0.698 bits per heavy atom. The maximum absolute atomic E-state index is 12.6. The van der Waals surface area contributed by atoms with Gasteiger partial charge in [0.15, 0.2) is 0 Å². The molecule has 0 amide bonds. The number of esters is 4. The van der Waals surface area contributed by atoms with E-state index in [4.69, 9.17) is 14.2 Å². The molecule has 246 valence electrons. The summed E-state index contributed by atoms with van der Waals surface area (Å²) >= 11 is 0. The van der Waals surface area contributed by atoms with Crippen molar-refractivity contribution in [1.82, 2.24) is 0 Å². The monoisotopic (exact) mass is 604 g/mol. The van der Waals surface area contributed by atoms with E-state index in [9.17, 15) is 19.2 Å². The van der Waals surface area contributed by atoms with Crippen LogP contribution >= 0.6 is 0 Å². The molecular formula is C36H60O7. The standard InChI is InChI=1S/C22H34O4.C14H26O3/c1-6-19(22(24)25-13-12-16(2)3)20(26-21(23)14-17(4)5)15-18-10-8-7-9-11-18;1-3-5-7-8-10-12-14(16)17-13(15)11-9-6-4-2/h7-11,16-17,19-20H,6,12-15H2,1-5H3;3-12H2,1-2H3. The lowest BCUT2D eigenvalue weighted by atomic mass is 9.93. The van der Waals surface area contributed by atoms with Crippen LogP contribution in [0.3, 0.4) is 0 Å². The molecule has 0 N–H and O–H groups in total. The van der Waals surface area contributed by atoms with Crippen molar-refractivity contribution in [2.75, 3.05) is 6.61 Å². The van der Waals surface area contributed by atoms with Crippen molar-refractivity contribution >= 4 is 23.9 Å². The molecule has 1 aromatic rings. The van der Waals surface area contributed by atoms with Gasteiger partial charge >= 0.3 is 23.9 Å². The Kier molecular flexibility index (Phi) is 24.1. The van der Waals surface area contributed by atoms with Crippen molar-refractivity contribution in [3.05, 3.63) is 35.9 Å². The molecule has 0 aliphatic rings. The average molecular weight is 605 g/mol. The Labute approximate surface area is 261 Å². The van der Waals surface area contributed by atoms with Crippen molar-refractivity contribution < 1.29 is 33.4 Å². The van der Waals surface area contributed by atoms with Crippen LogP contribution in [0.4, 0.5) is 0 Å². The zero-order valence-electron chi connectivity index (χ0n) is 28.2. The third-order valence-corrected chi connectivity index (χ3v) is 6.96. The van der Waals surface area contributed by atoms with Gasteiger partial charge in [-0.15, -0.1) is 0 Å². The van der Waals surface area contributed by atoms with Gasteiger partial charge in [0, 0.05) is 25.7 Å². The molecule has 0 aliphatic heterocycles. The number of carbonyl (C=O) groups excluding carboxylic acids is 4. The third-order valence-electron chi connectivity index (χ3n) is 6.96. The molecule has 0 aromatic heterocycles. The molecule has 0 bridgehead atoms. The normalized spacial score (nSPS) is 12.2. The van der Waals surface area contributed by atoms with Crippen molar-refractivity contribution in [2.45, 2.75) is 144 Å². The van der Waals surface area contributed by atoms with Gasteiger partial charge in [-0.05, 0) is 43.1 Å². The van der Waals surface area contributed by atoms with E-state index in [0.717, 1.165) is 50.5 Å². The van der Waals surface area contributed by atoms with E-state index in [0.29, 0.717) is 44.6 Å². The smallest absolute Gasteiger partial charge is 0.313 e. The lowest BCUT2D eigenvalue weighted by molar-refractivity contribution is -0.163. The number of carbonyl (C=O) groups is 4. The van der Waals surface area contributed by atoms with E-state index in [1.165, 1.54) is 12.8 Å². The summed E-state index contributed by atoms with van der Waals surface area (Å²) in [5, 5.41) is 0. The predicted molar refractivity (Wildman–Crippen MR) is 172 cm³/mol. The lowest BCUT2D eigenvalue weighted by Gasteiger charge is -2.25. The maximum Gasteiger partial charge on any atom is 0.313 e. The summed E-state index contributed by atoms with van der Waals surface area (Å²) in [6.45, 7) is 14.7. The first-order valence-corrected chi connectivity index (χ1v) is 16.7. The quantitative estimate of drug-likeness (QED) is 0.0599. The fourth-order valence-electron chi connectivity index (χ4n) is 4.37. The van der Waals surface area contributed by atoms with E-state index >= 15 is 0 Å². The van der Waals surface area contributed by atoms with E-state index < -0.39 is 12.0 Å². The van der Waals surface area contributed by atoms with Gasteiger partial charge in [0.25, 0.3) is 0 Å². The molecule has 1 rings (SSSR count). The summed E-state index contributed by atoms with van der Waals surface area (Å²) in [6.07, 6.45) is 10.9. The molecule has 43 heavy (non-hydrogen) atoms. The van der Waals surface area contributed by atoms with Crippen molar-refractivity contribution in [3.8, 4) is 0 Å². The second-order valence-corrected chi connectivity index (χ2v) is 12.1. The highest BCUT2D eigenvalue weighted by atomic mass is 16.6. The first kappa shape index (κ1) is 40.3. The molecule has 1 aromatic carbocycles. The minimum Gasteiger partial charge on any atom is -0.465 e. The van der Waals surface area contributed by atoms with Gasteiger partial charge in [-0.25, -0.2) is 0 Å². The number of hydrogen-bond acceptors (Lipinski definition) is 7. The fourth-order valence-corrected chi connectivity index (χ4v) is 4.37. The van der Waals surface area contributed by atoms with E-state index in [1.54, 1.807) is 0 Å². The van der Waals surface area contributed by atoms with Crippen LogP contribution in [0.5, 0.6) is 0 Å². The second kappa shape index (κ2) is 25.8. The molecule has 0 radical (unpaired) electrons. The molecule has 2 unspecified atom stereocenters. The van der Waals surface area contributed by atoms with Gasteiger partial charge in [-0.3, -0.25) is 19.2 Å². The first-order valence-electron chi connectivity index (χ1n) is 16.7. The molecule has 7 nitrogen and oxygen atoms in total. The SMILES string of the molecule is CCC(C(=O)OCCC(C)C)C(Cc1ccccc1)OC(=O)CC(C)C.CCCCCCCC(=O)OC(=O)CCCCC. The molecule has 0 fully saturated rings. The highest BCUT2D eigenvalue weighted by Gasteiger charge is 2.31. The zero-order chi connectivity index (χ0) is 32.5. The Hall–Kier alpha value is -2.70. The van der Waals surface area contributed by atoms with E-state index in [-0.39, 0.29) is 29.8 Å². The molecule has 0 aliphatic carbocycles. The van der Waals surface area contributed by atoms with Crippen LogP contribution in [-0.4, -0.2) is 36.6 Å². The van der Waals surface area contributed by atoms with Crippen LogP contribution in [-0.2, 0) is 39.8 Å². The predicted octanol–water partition coefficient (Wildman–Crippen LogP) is 8.80. The molecule has 0 saturated carbocycles. The Morgan fingerprint density at radius 2 is 1.26 bits per heavy atom. The molecule has 0 spiro atoms. The van der Waals surface area contributed by atoms with Gasteiger partial charge in [-0.2, -0.15) is 0 Å². The third kappa shape index (κ3) is 22.5. The van der Waals surface area contributed by atoms with Gasteiger partial charge in [0.1, 0.15) is 6.10 Å². The number of rotatable bonds is 21. The van der Waals surface area contributed by atoms with Crippen LogP contribution in [0.25, 0.3) is 0 Å². The number of ether oxygens (including phenoxy) is 3. The highest BCUT2D eigenvalue weighted by Crippen LogP contribution is 2.21. The summed E-state index contributed by atoms with van der Waals surface area (Å²) in [4.78, 5) is 47.3. The minimum absolute atomic E-state index is 0.220. The van der Waals surface area contributed by atoms with Gasteiger partial charge in [0.2, 0.25) is 0 Å². The molecule has 2 atom stereocenters. The van der Waals surface area contributed by atoms with Gasteiger partial charge in [-0.1, -0.05) is 117 Å². The second-order valence-electron chi connectivity index (χ2n) is 12.1. The number of hydrogen-bond donors (Lipinski definition) is 0. The average Bonchev–Trinajstić information content (AvgIpc) is 2.93. The fraction of sp³-hybridized carbons (Fsp3) is 0.722. The van der Waals surface area contributed by atoms with Crippen LogP contribution in [0, 0.1) is 17.8 Å². The van der Waals surface area contributed by atoms with Crippen molar-refractivity contribution in [2.24, 2.45) is 17.8 Å². The first-order chi connectivity index (χ1) is 20.5. The summed E-state index contributed by atoms with van der Waals surface area (Å²) in [6, 6.07) is 9.81. The Bertz CT molecular complexity index is 879. The van der Waals surface area contributed by atoms with Crippen LogP contribution in [0.15, 0.2) is 30.3 Å². The highest BCUT2D eigenvalue weighted by molar-refractivity contribution is 5.85. The molecular weight excluding hydrogens is 544 g/mol. The van der Waals surface area contributed by atoms with Crippen LogP contribution in [0.1, 0.15) is 138 Å². The molecule has 7 heteroatoms. The lowest BCUT2D eigenvalue weighted by Crippen LogP contribution is -2.35. The largest absolute Gasteiger partial charge is 0.465 e. The topological polar surface area (TPSA) is 96.0 Å². The summed E-state index contributed by atoms with van der Waals surface area (Å²) in [7, 11) is 0. The summed E-state index contributed by atoms with van der Waals surface area (Å²) in [5.41, 5.74) is 1.04. The molecule has 0 saturated heterocycles. The Morgan fingerprint density at radius 3 is 1.79 bits per heavy atom. The maximum atomic E-state index is 12.6. The summed E-state index contributed by atoms with van der Waals surface area (Å²) < 4.78 is 15.9. The summed E-state index contributed by atoms with van der Waals surface area (Å²) in [5.74, 6) is -0.996.